The predicted octanol–water partition coefficient (Wildman–Crippen LogP) is 5.48. The van der Waals surface area contributed by atoms with Crippen LogP contribution in [-0.2, 0) is 27.1 Å². The summed E-state index contributed by atoms with van der Waals surface area (Å²) in [5.74, 6) is -0.323. The average Bonchev–Trinajstić information content (AvgIpc) is 2.77. The lowest BCUT2D eigenvalue weighted by molar-refractivity contribution is -0.148. The lowest BCUT2D eigenvalue weighted by Gasteiger charge is -2.16. The third-order valence-electron chi connectivity index (χ3n) is 5.31. The Kier molecular flexibility index (Phi) is 10.6. The molecule has 2 aromatic rings. The van der Waals surface area contributed by atoms with E-state index in [-0.39, 0.29) is 17.9 Å². The minimum absolute atomic E-state index is 0.161. The maximum absolute atomic E-state index is 12.4. The number of carbonyl (C=O) groups is 2. The maximum atomic E-state index is 12.4. The molecular formula is C26H34O5. The summed E-state index contributed by atoms with van der Waals surface area (Å²) in [4.78, 5) is 24.2. The lowest BCUT2D eigenvalue weighted by Crippen LogP contribution is -2.20. The van der Waals surface area contributed by atoms with Crippen LogP contribution < -0.4 is 0 Å². The maximum Gasteiger partial charge on any atom is 0.338 e. The number of aryl methyl sites for hydroxylation is 1. The molecule has 0 amide bonds. The van der Waals surface area contributed by atoms with E-state index in [1.54, 1.807) is 25.1 Å². The van der Waals surface area contributed by atoms with Crippen LogP contribution in [0.2, 0.25) is 0 Å². The van der Waals surface area contributed by atoms with Crippen molar-refractivity contribution >= 4 is 11.9 Å². The molecule has 5 heteroatoms. The van der Waals surface area contributed by atoms with Crippen LogP contribution in [0.1, 0.15) is 67.4 Å². The van der Waals surface area contributed by atoms with Gasteiger partial charge in [-0.1, -0.05) is 49.6 Å². The van der Waals surface area contributed by atoms with Crippen molar-refractivity contribution in [3.05, 3.63) is 65.2 Å². The molecule has 0 saturated carbocycles. The van der Waals surface area contributed by atoms with Crippen LogP contribution >= 0.6 is 0 Å². The first kappa shape index (κ1) is 24.4. The molecule has 0 aliphatic rings. The predicted molar refractivity (Wildman–Crippen MR) is 121 cm³/mol. The van der Waals surface area contributed by atoms with E-state index in [1.807, 2.05) is 37.3 Å². The third kappa shape index (κ3) is 8.44. The number of carbonyl (C=O) groups excluding carboxylic acids is 2. The highest BCUT2D eigenvalue weighted by atomic mass is 16.5. The number of aromatic hydroxyl groups is 1. The van der Waals surface area contributed by atoms with Crippen LogP contribution in [0.25, 0.3) is 0 Å². The number of benzene rings is 2. The van der Waals surface area contributed by atoms with E-state index in [9.17, 15) is 14.7 Å². The monoisotopic (exact) mass is 426 g/mol. The Bertz CT molecular complexity index is 813. The van der Waals surface area contributed by atoms with Crippen molar-refractivity contribution in [3.8, 4) is 5.75 Å². The highest BCUT2D eigenvalue weighted by Gasteiger charge is 2.20. The highest BCUT2D eigenvalue weighted by Crippen LogP contribution is 2.21. The summed E-state index contributed by atoms with van der Waals surface area (Å²) >= 11 is 0. The summed E-state index contributed by atoms with van der Waals surface area (Å²) in [7, 11) is 0. The Hall–Kier alpha value is -2.82. The fourth-order valence-electron chi connectivity index (χ4n) is 3.62. The van der Waals surface area contributed by atoms with Gasteiger partial charge in [-0.05, 0) is 68.9 Å². The zero-order chi connectivity index (χ0) is 22.5. The first-order chi connectivity index (χ1) is 15.0. The fourth-order valence-corrected chi connectivity index (χ4v) is 3.62. The molecule has 0 bridgehead atoms. The van der Waals surface area contributed by atoms with E-state index >= 15 is 0 Å². The zero-order valence-electron chi connectivity index (χ0n) is 18.6. The van der Waals surface area contributed by atoms with Gasteiger partial charge in [-0.2, -0.15) is 0 Å². The molecule has 0 radical (unpaired) electrons. The van der Waals surface area contributed by atoms with Gasteiger partial charge in [0.2, 0.25) is 0 Å². The Morgan fingerprint density at radius 3 is 2.23 bits per heavy atom. The van der Waals surface area contributed by atoms with Gasteiger partial charge < -0.3 is 14.6 Å². The third-order valence-corrected chi connectivity index (χ3v) is 5.31. The first-order valence-corrected chi connectivity index (χ1v) is 11.2. The fraction of sp³-hybridized carbons (Fsp3) is 0.462. The second kappa shape index (κ2) is 13.5. The van der Waals surface area contributed by atoms with Gasteiger partial charge in [0.1, 0.15) is 5.75 Å². The summed E-state index contributed by atoms with van der Waals surface area (Å²) in [5.41, 5.74) is 2.51. The molecule has 0 spiro atoms. The number of rotatable bonds is 13. The van der Waals surface area contributed by atoms with Crippen molar-refractivity contribution < 1.29 is 24.2 Å². The van der Waals surface area contributed by atoms with Gasteiger partial charge in [0, 0.05) is 0 Å². The molecule has 2 rings (SSSR count). The molecule has 5 nitrogen and oxygen atoms in total. The molecule has 0 aromatic heterocycles. The number of phenols is 1. The van der Waals surface area contributed by atoms with Crippen LogP contribution in [0.5, 0.6) is 5.75 Å². The smallest absolute Gasteiger partial charge is 0.338 e. The van der Waals surface area contributed by atoms with Gasteiger partial charge in [0.05, 0.1) is 24.7 Å². The van der Waals surface area contributed by atoms with E-state index in [1.165, 1.54) is 0 Å². The normalized spacial score (nSPS) is 11.7. The Labute approximate surface area is 185 Å². The van der Waals surface area contributed by atoms with Crippen LogP contribution in [0.15, 0.2) is 48.5 Å². The summed E-state index contributed by atoms with van der Waals surface area (Å²) in [6, 6.07) is 14.7. The molecule has 1 atom stereocenters. The highest BCUT2D eigenvalue weighted by molar-refractivity contribution is 5.89. The number of phenolic OH excluding ortho intramolecular Hbond substituents is 1. The molecule has 0 aliphatic carbocycles. The van der Waals surface area contributed by atoms with E-state index in [4.69, 9.17) is 9.47 Å². The molecule has 0 heterocycles. The largest absolute Gasteiger partial charge is 0.508 e. The number of esters is 2. The van der Waals surface area contributed by atoms with Gasteiger partial charge in [-0.25, -0.2) is 4.79 Å². The summed E-state index contributed by atoms with van der Waals surface area (Å²) < 4.78 is 10.3. The van der Waals surface area contributed by atoms with Crippen molar-refractivity contribution in [1.29, 1.82) is 0 Å². The number of unbranched alkanes of at least 4 members (excludes halogenated alkanes) is 3. The molecular weight excluding hydrogens is 392 g/mol. The van der Waals surface area contributed by atoms with Crippen LogP contribution in [0.4, 0.5) is 0 Å². The molecule has 2 aromatic carbocycles. The standard InChI is InChI=1S/C26H34O5/c1-3-30-25(28)22-17-15-20(16-18-22)19-23(26(29)31-4-2)13-8-6-5-7-11-21-12-9-10-14-24(21)27/h9-10,12,14-18,23,27H,3-8,11,13,19H2,1-2H3. The summed E-state index contributed by atoms with van der Waals surface area (Å²) in [5, 5.41) is 9.83. The van der Waals surface area contributed by atoms with Gasteiger partial charge >= 0.3 is 11.9 Å². The van der Waals surface area contributed by atoms with E-state index in [0.29, 0.717) is 30.9 Å². The summed E-state index contributed by atoms with van der Waals surface area (Å²) in [6.45, 7) is 4.32. The number of ether oxygens (including phenoxy) is 2. The van der Waals surface area contributed by atoms with Crippen LogP contribution in [0.3, 0.4) is 0 Å². The molecule has 1 unspecified atom stereocenters. The van der Waals surface area contributed by atoms with E-state index < -0.39 is 0 Å². The van der Waals surface area contributed by atoms with Gasteiger partial charge in [0.25, 0.3) is 0 Å². The zero-order valence-corrected chi connectivity index (χ0v) is 18.6. The number of hydrogen-bond donors (Lipinski definition) is 1. The van der Waals surface area contributed by atoms with Gasteiger partial charge in [-0.3, -0.25) is 4.79 Å². The van der Waals surface area contributed by atoms with E-state index in [0.717, 1.165) is 49.7 Å². The van der Waals surface area contributed by atoms with Crippen molar-refractivity contribution in [3.63, 3.8) is 0 Å². The topological polar surface area (TPSA) is 72.8 Å². The van der Waals surface area contributed by atoms with Crippen LogP contribution in [-0.4, -0.2) is 30.3 Å². The molecule has 0 fully saturated rings. The first-order valence-electron chi connectivity index (χ1n) is 11.2. The Morgan fingerprint density at radius 2 is 1.55 bits per heavy atom. The van der Waals surface area contributed by atoms with Crippen molar-refractivity contribution in [2.75, 3.05) is 13.2 Å². The van der Waals surface area contributed by atoms with Crippen molar-refractivity contribution in [1.82, 2.24) is 0 Å². The van der Waals surface area contributed by atoms with E-state index in [2.05, 4.69) is 0 Å². The minimum atomic E-state index is -0.334. The molecule has 0 aliphatic heterocycles. The SMILES string of the molecule is CCOC(=O)c1ccc(CC(CCCCCCc2ccccc2O)C(=O)OCC)cc1. The lowest BCUT2D eigenvalue weighted by atomic mass is 9.93. The van der Waals surface area contributed by atoms with Gasteiger partial charge in [-0.15, -0.1) is 0 Å². The molecule has 31 heavy (non-hydrogen) atoms. The quantitative estimate of drug-likeness (QED) is 0.339. The average molecular weight is 427 g/mol. The minimum Gasteiger partial charge on any atom is -0.508 e. The van der Waals surface area contributed by atoms with Crippen LogP contribution in [0, 0.1) is 5.92 Å². The Morgan fingerprint density at radius 1 is 0.871 bits per heavy atom. The second-order valence-corrected chi connectivity index (χ2v) is 7.65. The van der Waals surface area contributed by atoms with Gasteiger partial charge in [0.15, 0.2) is 0 Å². The molecule has 168 valence electrons. The number of hydrogen-bond acceptors (Lipinski definition) is 5. The number of para-hydroxylation sites is 1. The summed E-state index contributed by atoms with van der Waals surface area (Å²) in [6.07, 6.45) is 6.28. The molecule has 1 N–H and O–H groups in total. The van der Waals surface area contributed by atoms with Crippen molar-refractivity contribution in [2.45, 2.75) is 58.8 Å². The Balaban J connectivity index is 1.81. The molecule has 0 saturated heterocycles. The second-order valence-electron chi connectivity index (χ2n) is 7.65. The van der Waals surface area contributed by atoms with Crippen molar-refractivity contribution in [2.24, 2.45) is 5.92 Å².